The van der Waals surface area contributed by atoms with Gasteiger partial charge in [0.2, 0.25) is 0 Å². The number of carbonyl (C=O) groups is 1. The molecule has 1 aliphatic rings. The van der Waals surface area contributed by atoms with Crippen molar-refractivity contribution in [2.45, 2.75) is 12.1 Å². The maximum atomic E-state index is 11.2. The predicted octanol–water partition coefficient (Wildman–Crippen LogP) is 3.10. The minimum atomic E-state index is -0.935. The molecule has 7 nitrogen and oxygen atoms in total. The predicted molar refractivity (Wildman–Crippen MR) is 123 cm³/mol. The third-order valence-corrected chi connectivity index (χ3v) is 5.81. The monoisotopic (exact) mass is 435 g/mol. The van der Waals surface area contributed by atoms with Crippen LogP contribution in [0.3, 0.4) is 0 Å². The molecule has 2 atom stereocenters. The van der Waals surface area contributed by atoms with Crippen LogP contribution in [0.15, 0.2) is 67.0 Å². The van der Waals surface area contributed by atoms with E-state index in [-0.39, 0.29) is 17.6 Å². The van der Waals surface area contributed by atoms with E-state index >= 15 is 0 Å². The van der Waals surface area contributed by atoms with Crippen molar-refractivity contribution in [3.63, 3.8) is 0 Å². The first-order chi connectivity index (χ1) is 15.0. The lowest BCUT2D eigenvalue weighted by Crippen LogP contribution is -2.36. The lowest BCUT2D eigenvalue weighted by molar-refractivity contribution is 0.0697. The highest BCUT2D eigenvalue weighted by Gasteiger charge is 2.41. The van der Waals surface area contributed by atoms with Crippen LogP contribution in [0, 0.1) is 0 Å². The first kappa shape index (κ1) is 21.0. The van der Waals surface area contributed by atoms with Crippen molar-refractivity contribution in [1.29, 1.82) is 0 Å². The van der Waals surface area contributed by atoms with E-state index < -0.39 is 5.97 Å². The van der Waals surface area contributed by atoms with Gasteiger partial charge >= 0.3 is 5.97 Å². The molecular formula is C23H25N5O2S. The Kier molecular flexibility index (Phi) is 6.01. The van der Waals surface area contributed by atoms with Gasteiger partial charge in [0.05, 0.1) is 23.3 Å². The number of likely N-dealkylation sites (N-methyl/N-ethyl adjacent to an activating group) is 1. The summed E-state index contributed by atoms with van der Waals surface area (Å²) in [7, 11) is 4.09. The summed E-state index contributed by atoms with van der Waals surface area (Å²) in [5.41, 5.74) is 3.15. The number of nitrogens with zero attached hydrogens (tertiary/aromatic N) is 4. The fourth-order valence-electron chi connectivity index (χ4n) is 3.91. The number of nitrogens with one attached hydrogen (secondary N) is 1. The number of aromatic nitrogens is 2. The van der Waals surface area contributed by atoms with Crippen LogP contribution < -0.4 is 5.32 Å². The minimum Gasteiger partial charge on any atom is -0.478 e. The number of carboxylic acids is 1. The van der Waals surface area contributed by atoms with Crippen LogP contribution >= 0.6 is 12.2 Å². The van der Waals surface area contributed by atoms with Gasteiger partial charge in [-0.2, -0.15) is 0 Å². The van der Waals surface area contributed by atoms with Crippen LogP contribution in [0.5, 0.6) is 0 Å². The van der Waals surface area contributed by atoms with Crippen molar-refractivity contribution in [2.24, 2.45) is 0 Å². The quantitative estimate of drug-likeness (QED) is 0.553. The van der Waals surface area contributed by atoms with Crippen molar-refractivity contribution in [3.05, 3.63) is 83.9 Å². The fourth-order valence-corrected chi connectivity index (χ4v) is 4.24. The molecule has 4 rings (SSSR count). The second kappa shape index (κ2) is 8.87. The van der Waals surface area contributed by atoms with Crippen LogP contribution in [0.25, 0.3) is 5.69 Å². The molecule has 0 bridgehead atoms. The molecule has 0 radical (unpaired) electrons. The summed E-state index contributed by atoms with van der Waals surface area (Å²) >= 11 is 5.72. The van der Waals surface area contributed by atoms with E-state index in [2.05, 4.69) is 30.7 Å². The Bertz CT molecular complexity index is 1070. The third kappa shape index (κ3) is 4.30. The molecule has 1 aromatic carbocycles. The molecule has 0 amide bonds. The van der Waals surface area contributed by atoms with Gasteiger partial charge < -0.3 is 24.8 Å². The molecule has 160 valence electrons. The van der Waals surface area contributed by atoms with Crippen molar-refractivity contribution < 1.29 is 9.90 Å². The molecule has 3 heterocycles. The molecule has 1 fully saturated rings. The number of rotatable bonds is 7. The van der Waals surface area contributed by atoms with Crippen molar-refractivity contribution in [1.82, 2.24) is 24.7 Å². The van der Waals surface area contributed by atoms with Crippen LogP contribution in [0.4, 0.5) is 0 Å². The highest BCUT2D eigenvalue weighted by molar-refractivity contribution is 7.80. The molecule has 1 aliphatic heterocycles. The van der Waals surface area contributed by atoms with Gasteiger partial charge in [-0.1, -0.05) is 6.07 Å². The summed E-state index contributed by atoms with van der Waals surface area (Å²) in [6, 6.07) is 16.7. The molecule has 0 unspecified atom stereocenters. The van der Waals surface area contributed by atoms with Crippen molar-refractivity contribution >= 4 is 23.3 Å². The normalized spacial score (nSPS) is 18.4. The number of benzene rings is 1. The number of aromatic carboxylic acids is 1. The average molecular weight is 436 g/mol. The Morgan fingerprint density at radius 2 is 1.94 bits per heavy atom. The number of pyridine rings is 1. The lowest BCUT2D eigenvalue weighted by atomic mass is 10.0. The second-order valence-corrected chi connectivity index (χ2v) is 8.17. The zero-order valence-corrected chi connectivity index (χ0v) is 18.3. The van der Waals surface area contributed by atoms with Gasteiger partial charge in [0.1, 0.15) is 0 Å². The van der Waals surface area contributed by atoms with E-state index in [1.54, 1.807) is 18.3 Å². The molecule has 0 saturated carbocycles. The molecular weight excluding hydrogens is 410 g/mol. The van der Waals surface area contributed by atoms with E-state index in [1.165, 1.54) is 0 Å². The van der Waals surface area contributed by atoms with Gasteiger partial charge in [-0.25, -0.2) is 4.79 Å². The van der Waals surface area contributed by atoms with E-state index in [0.717, 1.165) is 30.2 Å². The molecule has 31 heavy (non-hydrogen) atoms. The minimum absolute atomic E-state index is 0.0588. The van der Waals surface area contributed by atoms with Crippen molar-refractivity contribution in [3.8, 4) is 5.69 Å². The maximum Gasteiger partial charge on any atom is 0.335 e. The van der Waals surface area contributed by atoms with Crippen LogP contribution in [0.2, 0.25) is 0 Å². The molecule has 3 aromatic rings. The fraction of sp³-hybridized carbons (Fsp3) is 0.261. The largest absolute Gasteiger partial charge is 0.478 e. The number of hydrogen-bond acceptors (Lipinski definition) is 4. The van der Waals surface area contributed by atoms with Gasteiger partial charge in [0, 0.05) is 36.9 Å². The van der Waals surface area contributed by atoms with E-state index in [0.29, 0.717) is 5.11 Å². The molecule has 0 aliphatic carbocycles. The van der Waals surface area contributed by atoms with Gasteiger partial charge in [0.25, 0.3) is 0 Å². The van der Waals surface area contributed by atoms with E-state index in [9.17, 15) is 9.90 Å². The SMILES string of the molecule is CN(C)CCN1C(=S)N[C@H](c2ccccn2)[C@@H]1c1cccn1-c1ccc(C(=O)O)cc1. The summed E-state index contributed by atoms with van der Waals surface area (Å²) in [6.45, 7) is 1.64. The summed E-state index contributed by atoms with van der Waals surface area (Å²) in [5, 5.41) is 13.4. The molecule has 0 spiro atoms. The smallest absolute Gasteiger partial charge is 0.335 e. The summed E-state index contributed by atoms with van der Waals surface area (Å²) in [4.78, 5) is 20.2. The van der Waals surface area contributed by atoms with Gasteiger partial charge in [-0.05, 0) is 74.8 Å². The molecule has 2 N–H and O–H groups in total. The lowest BCUT2D eigenvalue weighted by Gasteiger charge is -2.29. The summed E-state index contributed by atoms with van der Waals surface area (Å²) < 4.78 is 2.09. The Labute approximate surface area is 186 Å². The molecule has 1 saturated heterocycles. The maximum absolute atomic E-state index is 11.2. The average Bonchev–Trinajstić information content (AvgIpc) is 3.37. The van der Waals surface area contributed by atoms with E-state index in [1.807, 2.05) is 56.7 Å². The third-order valence-electron chi connectivity index (χ3n) is 5.46. The summed E-state index contributed by atoms with van der Waals surface area (Å²) in [5.74, 6) is -0.935. The first-order valence-corrected chi connectivity index (χ1v) is 10.5. The van der Waals surface area contributed by atoms with Crippen LogP contribution in [0.1, 0.15) is 33.8 Å². The summed E-state index contributed by atoms with van der Waals surface area (Å²) in [6.07, 6.45) is 3.79. The molecule has 2 aromatic heterocycles. The van der Waals surface area contributed by atoms with Crippen molar-refractivity contribution in [2.75, 3.05) is 27.2 Å². The topological polar surface area (TPSA) is 73.6 Å². The Balaban J connectivity index is 1.75. The highest BCUT2D eigenvalue weighted by Crippen LogP contribution is 2.39. The van der Waals surface area contributed by atoms with Crippen LogP contribution in [-0.4, -0.2) is 62.7 Å². The second-order valence-electron chi connectivity index (χ2n) is 7.78. The van der Waals surface area contributed by atoms with Gasteiger partial charge in [-0.3, -0.25) is 4.98 Å². The highest BCUT2D eigenvalue weighted by atomic mass is 32.1. The number of hydrogen-bond donors (Lipinski definition) is 2. The van der Waals surface area contributed by atoms with E-state index in [4.69, 9.17) is 12.2 Å². The Morgan fingerprint density at radius 1 is 1.16 bits per heavy atom. The number of thiocarbonyl (C=S) groups is 1. The van der Waals surface area contributed by atoms with Gasteiger partial charge in [-0.15, -0.1) is 0 Å². The Morgan fingerprint density at radius 3 is 2.58 bits per heavy atom. The standard InChI is InChI=1S/C23H25N5O2S/c1-26(2)14-15-28-21(20(25-23(28)31)18-6-3-4-12-24-18)19-7-5-13-27(19)17-10-8-16(9-11-17)22(29)30/h3-13,20-21H,14-15H2,1-2H3,(H,25,31)(H,29,30)/t20-,21+/m1/s1. The zero-order chi connectivity index (χ0) is 22.0. The number of carboxylic acid groups (broad SMARTS) is 1. The van der Waals surface area contributed by atoms with Crippen LogP contribution in [-0.2, 0) is 0 Å². The first-order valence-electron chi connectivity index (χ1n) is 10.1. The van der Waals surface area contributed by atoms with Gasteiger partial charge in [0.15, 0.2) is 5.11 Å². The Hall–Kier alpha value is -3.23. The zero-order valence-electron chi connectivity index (χ0n) is 17.5. The molecule has 8 heteroatoms.